The van der Waals surface area contributed by atoms with Crippen LogP contribution in [0.1, 0.15) is 43.7 Å². The predicted molar refractivity (Wildman–Crippen MR) is 109 cm³/mol. The minimum Gasteiger partial charge on any atom is -0.449 e. The summed E-state index contributed by atoms with van der Waals surface area (Å²) in [6.45, 7) is 4.40. The number of ether oxygens (including phenoxy) is 1. The zero-order chi connectivity index (χ0) is 20.9. The molecular weight excluding hydrogens is 370 g/mol. The van der Waals surface area contributed by atoms with Crippen molar-refractivity contribution in [1.82, 2.24) is 15.5 Å². The van der Waals surface area contributed by atoms with Crippen LogP contribution >= 0.6 is 0 Å². The minimum absolute atomic E-state index is 0.183. The molecule has 0 aromatic heterocycles. The van der Waals surface area contributed by atoms with Crippen molar-refractivity contribution in [3.8, 4) is 0 Å². The zero-order valence-electron chi connectivity index (χ0n) is 16.9. The van der Waals surface area contributed by atoms with Gasteiger partial charge < -0.3 is 15.4 Å². The molecule has 0 unspecified atom stereocenters. The Labute approximate surface area is 171 Å². The first-order chi connectivity index (χ1) is 14.0. The van der Waals surface area contributed by atoms with Gasteiger partial charge in [-0.2, -0.15) is 0 Å². The van der Waals surface area contributed by atoms with Crippen molar-refractivity contribution < 1.29 is 19.1 Å². The third kappa shape index (κ3) is 3.99. The quantitative estimate of drug-likeness (QED) is 0.588. The minimum atomic E-state index is -1.10. The summed E-state index contributed by atoms with van der Waals surface area (Å²) >= 11 is 0. The van der Waals surface area contributed by atoms with Gasteiger partial charge >= 0.3 is 6.09 Å². The van der Waals surface area contributed by atoms with E-state index in [0.717, 1.165) is 18.4 Å². The first-order valence-corrected chi connectivity index (χ1v) is 10.2. The highest BCUT2D eigenvalue weighted by Gasteiger charge is 2.60. The fraction of sp³-hybridized carbons (Fsp3) is 0.500. The van der Waals surface area contributed by atoms with E-state index in [2.05, 4.69) is 17.2 Å². The summed E-state index contributed by atoms with van der Waals surface area (Å²) < 4.78 is 5.50. The molecular formula is C22H29N3O4. The van der Waals surface area contributed by atoms with Crippen LogP contribution in [0.15, 0.2) is 43.0 Å². The first kappa shape index (κ1) is 20.9. The highest BCUT2D eigenvalue weighted by molar-refractivity contribution is 5.93. The summed E-state index contributed by atoms with van der Waals surface area (Å²) in [5.74, 6) is -0.933. The van der Waals surface area contributed by atoms with E-state index in [-0.39, 0.29) is 24.8 Å². The second-order valence-corrected chi connectivity index (χ2v) is 7.59. The first-order valence-electron chi connectivity index (χ1n) is 10.2. The number of hydrogen-bond donors (Lipinski definition) is 2. The van der Waals surface area contributed by atoms with Gasteiger partial charge in [-0.3, -0.25) is 14.5 Å². The summed E-state index contributed by atoms with van der Waals surface area (Å²) in [6, 6.07) is 8.83. The van der Waals surface area contributed by atoms with Crippen molar-refractivity contribution >= 4 is 17.9 Å². The molecule has 2 N–H and O–H groups in total. The number of carbonyl (C=O) groups is 3. The molecule has 1 aromatic rings. The largest absolute Gasteiger partial charge is 0.449 e. The lowest BCUT2D eigenvalue weighted by molar-refractivity contribution is -0.131. The molecule has 2 saturated heterocycles. The molecule has 7 heteroatoms. The number of hydrogen-bond acceptors (Lipinski definition) is 4. The van der Waals surface area contributed by atoms with Crippen LogP contribution in [0.4, 0.5) is 4.79 Å². The monoisotopic (exact) mass is 399 g/mol. The number of nitrogens with zero attached hydrogens (tertiary/aromatic N) is 1. The van der Waals surface area contributed by atoms with Crippen LogP contribution in [-0.4, -0.2) is 48.5 Å². The van der Waals surface area contributed by atoms with Crippen LogP contribution in [0, 0.1) is 5.92 Å². The molecule has 156 valence electrons. The summed E-state index contributed by atoms with van der Waals surface area (Å²) in [6.07, 6.45) is 4.04. The van der Waals surface area contributed by atoms with Gasteiger partial charge in [0.15, 0.2) is 0 Å². The van der Waals surface area contributed by atoms with Crippen molar-refractivity contribution in [3.63, 3.8) is 0 Å². The van der Waals surface area contributed by atoms with Gasteiger partial charge in [-0.1, -0.05) is 36.4 Å². The molecule has 3 atom stereocenters. The molecule has 0 aliphatic carbocycles. The van der Waals surface area contributed by atoms with Gasteiger partial charge in [-0.25, -0.2) is 4.79 Å². The Bertz CT molecular complexity index is 767. The molecule has 0 radical (unpaired) electrons. The lowest BCUT2D eigenvalue weighted by atomic mass is 9.85. The SMILES string of the molecule is C=CCCOC(=O)N1[C@@H](c2ccccc2)[C@@H](C(=O)NC)C[C@]12CCCCNC2=O. The van der Waals surface area contributed by atoms with E-state index < -0.39 is 23.6 Å². The van der Waals surface area contributed by atoms with Gasteiger partial charge in [0, 0.05) is 13.6 Å². The Hall–Kier alpha value is -2.83. The molecule has 0 bridgehead atoms. The van der Waals surface area contributed by atoms with E-state index in [1.54, 1.807) is 13.1 Å². The maximum atomic E-state index is 13.2. The maximum absolute atomic E-state index is 13.2. The number of nitrogens with one attached hydrogen (secondary N) is 2. The smallest absolute Gasteiger partial charge is 0.411 e. The Morgan fingerprint density at radius 3 is 2.79 bits per heavy atom. The van der Waals surface area contributed by atoms with Gasteiger partial charge in [-0.15, -0.1) is 6.58 Å². The van der Waals surface area contributed by atoms with E-state index in [1.165, 1.54) is 4.90 Å². The van der Waals surface area contributed by atoms with Gasteiger partial charge in [0.05, 0.1) is 18.6 Å². The molecule has 3 rings (SSSR count). The van der Waals surface area contributed by atoms with Crippen LogP contribution in [0.2, 0.25) is 0 Å². The summed E-state index contributed by atoms with van der Waals surface area (Å²) in [5, 5.41) is 5.65. The number of benzene rings is 1. The Kier molecular flexibility index (Phi) is 6.56. The molecule has 29 heavy (non-hydrogen) atoms. The molecule has 1 spiro atoms. The standard InChI is InChI=1S/C22H29N3O4/c1-3-4-14-29-21(28)25-18(16-10-6-5-7-11-16)17(19(26)23-2)15-22(25)12-8-9-13-24-20(22)27/h3,5-7,10-11,17-18H,1,4,8-9,12-15H2,2H3,(H,23,26)(H,24,27)/t17-,18-,22-/m0/s1. The van der Waals surface area contributed by atoms with Crippen LogP contribution < -0.4 is 10.6 Å². The molecule has 2 heterocycles. The lowest BCUT2D eigenvalue weighted by Crippen LogP contribution is -2.57. The van der Waals surface area contributed by atoms with Crippen molar-refractivity contribution in [3.05, 3.63) is 48.6 Å². The van der Waals surface area contributed by atoms with Crippen molar-refractivity contribution in [2.24, 2.45) is 5.92 Å². The predicted octanol–water partition coefficient (Wildman–Crippen LogP) is 2.55. The van der Waals surface area contributed by atoms with Crippen LogP contribution in [-0.2, 0) is 14.3 Å². The highest BCUT2D eigenvalue weighted by Crippen LogP contribution is 2.50. The average molecular weight is 399 g/mol. The molecule has 2 fully saturated rings. The lowest BCUT2D eigenvalue weighted by Gasteiger charge is -2.38. The van der Waals surface area contributed by atoms with E-state index >= 15 is 0 Å². The average Bonchev–Trinajstić information content (AvgIpc) is 2.99. The fourth-order valence-electron chi connectivity index (χ4n) is 4.51. The van der Waals surface area contributed by atoms with E-state index in [9.17, 15) is 14.4 Å². The third-order valence-electron chi connectivity index (χ3n) is 5.87. The molecule has 2 aliphatic rings. The van der Waals surface area contributed by atoms with E-state index in [4.69, 9.17) is 4.74 Å². The van der Waals surface area contributed by atoms with Crippen molar-refractivity contribution in [2.75, 3.05) is 20.2 Å². The fourth-order valence-corrected chi connectivity index (χ4v) is 4.51. The molecule has 0 saturated carbocycles. The maximum Gasteiger partial charge on any atom is 0.411 e. The summed E-state index contributed by atoms with van der Waals surface area (Å²) in [4.78, 5) is 40.8. The Morgan fingerprint density at radius 1 is 1.34 bits per heavy atom. The van der Waals surface area contributed by atoms with Gasteiger partial charge in [0.1, 0.15) is 5.54 Å². The van der Waals surface area contributed by atoms with Crippen LogP contribution in [0.25, 0.3) is 0 Å². The summed E-state index contributed by atoms with van der Waals surface area (Å²) in [5.41, 5.74) is -0.282. The second kappa shape index (κ2) is 9.11. The Morgan fingerprint density at radius 2 is 2.10 bits per heavy atom. The topological polar surface area (TPSA) is 87.7 Å². The summed E-state index contributed by atoms with van der Waals surface area (Å²) in [7, 11) is 1.58. The Balaban J connectivity index is 2.09. The zero-order valence-corrected chi connectivity index (χ0v) is 16.9. The van der Waals surface area contributed by atoms with E-state index in [1.807, 2.05) is 30.3 Å². The second-order valence-electron chi connectivity index (χ2n) is 7.59. The van der Waals surface area contributed by atoms with Crippen molar-refractivity contribution in [1.29, 1.82) is 0 Å². The number of amides is 3. The highest BCUT2D eigenvalue weighted by atomic mass is 16.6. The number of rotatable bonds is 5. The molecule has 7 nitrogen and oxygen atoms in total. The normalized spacial score (nSPS) is 26.5. The van der Waals surface area contributed by atoms with Gasteiger partial charge in [0.25, 0.3) is 0 Å². The van der Waals surface area contributed by atoms with Gasteiger partial charge in [-0.05, 0) is 37.7 Å². The molecule has 1 aromatic carbocycles. The van der Waals surface area contributed by atoms with Crippen LogP contribution in [0.5, 0.6) is 0 Å². The van der Waals surface area contributed by atoms with Crippen LogP contribution in [0.3, 0.4) is 0 Å². The van der Waals surface area contributed by atoms with Gasteiger partial charge in [0.2, 0.25) is 11.8 Å². The molecule has 2 aliphatic heterocycles. The van der Waals surface area contributed by atoms with E-state index in [0.29, 0.717) is 19.4 Å². The third-order valence-corrected chi connectivity index (χ3v) is 5.87. The number of likely N-dealkylation sites (tertiary alicyclic amines) is 1. The van der Waals surface area contributed by atoms with Crippen molar-refractivity contribution in [2.45, 2.75) is 43.7 Å². The molecule has 3 amide bonds. The number of carbonyl (C=O) groups excluding carboxylic acids is 3.